The van der Waals surface area contributed by atoms with Gasteiger partial charge in [-0.15, -0.1) is 10.2 Å². The Kier molecular flexibility index (Phi) is 3.14. The predicted molar refractivity (Wildman–Crippen MR) is 55.3 cm³/mol. The Balaban J connectivity index is 2.34. The number of aryl methyl sites for hydroxylation is 1. The summed E-state index contributed by atoms with van der Waals surface area (Å²) in [6.45, 7) is 1.94. The third-order valence-electron chi connectivity index (χ3n) is 1.89. The third kappa shape index (κ3) is 2.19. The molecule has 7 heteroatoms. The Hall–Kier alpha value is -1.50. The SMILES string of the molecule is CCc1cncc(-c2nnc(C(F)F)s2)n1. The second-order valence-electron chi connectivity index (χ2n) is 3.00. The fourth-order valence-corrected chi connectivity index (χ4v) is 1.76. The Morgan fingerprint density at radius 1 is 1.31 bits per heavy atom. The number of aromatic nitrogens is 4. The van der Waals surface area contributed by atoms with Gasteiger partial charge in [0.2, 0.25) is 0 Å². The first kappa shape index (κ1) is 11.0. The zero-order chi connectivity index (χ0) is 11.5. The first-order valence-corrected chi connectivity index (χ1v) is 5.45. The maximum absolute atomic E-state index is 12.3. The summed E-state index contributed by atoms with van der Waals surface area (Å²) in [4.78, 5) is 8.21. The summed E-state index contributed by atoms with van der Waals surface area (Å²) in [6.07, 6.45) is 1.28. The lowest BCUT2D eigenvalue weighted by Gasteiger charge is -1.97. The largest absolute Gasteiger partial charge is 0.291 e. The third-order valence-corrected chi connectivity index (χ3v) is 2.85. The molecule has 0 aliphatic rings. The van der Waals surface area contributed by atoms with Gasteiger partial charge in [0.1, 0.15) is 5.69 Å². The molecular weight excluding hydrogens is 234 g/mol. The average molecular weight is 242 g/mol. The van der Waals surface area contributed by atoms with Crippen molar-refractivity contribution in [2.24, 2.45) is 0 Å². The molecule has 0 aromatic carbocycles. The molecular formula is C9H8F2N4S. The Morgan fingerprint density at radius 3 is 2.75 bits per heavy atom. The van der Waals surface area contributed by atoms with Crippen molar-refractivity contribution < 1.29 is 8.78 Å². The molecule has 0 saturated carbocycles. The molecule has 2 aromatic heterocycles. The van der Waals surface area contributed by atoms with Crippen LogP contribution in [-0.2, 0) is 6.42 Å². The van der Waals surface area contributed by atoms with E-state index in [1.165, 1.54) is 6.20 Å². The van der Waals surface area contributed by atoms with E-state index in [9.17, 15) is 8.78 Å². The molecule has 2 heterocycles. The summed E-state index contributed by atoms with van der Waals surface area (Å²) in [5.74, 6) is 0. The highest BCUT2D eigenvalue weighted by atomic mass is 32.1. The van der Waals surface area contributed by atoms with Crippen molar-refractivity contribution in [3.63, 3.8) is 0 Å². The minimum Gasteiger partial charge on any atom is -0.260 e. The fourth-order valence-electron chi connectivity index (χ4n) is 1.11. The molecule has 2 rings (SSSR count). The van der Waals surface area contributed by atoms with E-state index in [1.54, 1.807) is 6.20 Å². The van der Waals surface area contributed by atoms with Gasteiger partial charge >= 0.3 is 0 Å². The van der Waals surface area contributed by atoms with Crippen LogP contribution in [0.4, 0.5) is 8.78 Å². The van der Waals surface area contributed by atoms with Gasteiger partial charge in [0.25, 0.3) is 6.43 Å². The molecule has 2 aromatic rings. The van der Waals surface area contributed by atoms with Crippen molar-refractivity contribution in [3.05, 3.63) is 23.1 Å². The normalized spacial score (nSPS) is 11.0. The molecule has 0 saturated heterocycles. The van der Waals surface area contributed by atoms with Crippen LogP contribution < -0.4 is 0 Å². The van der Waals surface area contributed by atoms with E-state index in [0.717, 1.165) is 23.5 Å². The number of nitrogens with zero attached hydrogens (tertiary/aromatic N) is 4. The number of halogens is 2. The van der Waals surface area contributed by atoms with Gasteiger partial charge in [-0.3, -0.25) is 4.98 Å². The first-order chi connectivity index (χ1) is 7.70. The highest BCUT2D eigenvalue weighted by molar-refractivity contribution is 7.14. The van der Waals surface area contributed by atoms with Crippen LogP contribution in [-0.4, -0.2) is 20.2 Å². The van der Waals surface area contributed by atoms with Crippen LogP contribution in [0, 0.1) is 0 Å². The van der Waals surface area contributed by atoms with Crippen LogP contribution >= 0.6 is 11.3 Å². The van der Waals surface area contributed by atoms with Gasteiger partial charge in [0.05, 0.1) is 11.9 Å². The minimum absolute atomic E-state index is 0.293. The number of alkyl halides is 2. The number of rotatable bonds is 3. The maximum Gasteiger partial charge on any atom is 0.291 e. The molecule has 16 heavy (non-hydrogen) atoms. The van der Waals surface area contributed by atoms with E-state index >= 15 is 0 Å². The van der Waals surface area contributed by atoms with Gasteiger partial charge in [0.15, 0.2) is 10.0 Å². The Labute approximate surface area is 94.4 Å². The molecule has 0 aliphatic carbocycles. The lowest BCUT2D eigenvalue weighted by Crippen LogP contribution is -1.91. The molecule has 0 N–H and O–H groups in total. The zero-order valence-electron chi connectivity index (χ0n) is 8.39. The smallest absolute Gasteiger partial charge is 0.260 e. The van der Waals surface area contributed by atoms with Gasteiger partial charge in [-0.25, -0.2) is 13.8 Å². The lowest BCUT2D eigenvalue weighted by atomic mass is 10.3. The van der Waals surface area contributed by atoms with Crippen molar-refractivity contribution in [2.75, 3.05) is 0 Å². The lowest BCUT2D eigenvalue weighted by molar-refractivity contribution is 0.150. The molecule has 0 radical (unpaired) electrons. The van der Waals surface area contributed by atoms with Crippen LogP contribution in [0.5, 0.6) is 0 Å². The van der Waals surface area contributed by atoms with Crippen LogP contribution in [0.3, 0.4) is 0 Å². The van der Waals surface area contributed by atoms with E-state index < -0.39 is 6.43 Å². The Bertz CT molecular complexity index is 486. The molecule has 0 fully saturated rings. The van der Waals surface area contributed by atoms with E-state index in [2.05, 4.69) is 20.2 Å². The van der Waals surface area contributed by atoms with Crippen LogP contribution in [0.25, 0.3) is 10.7 Å². The van der Waals surface area contributed by atoms with Gasteiger partial charge in [-0.2, -0.15) is 0 Å². The molecule has 0 spiro atoms. The average Bonchev–Trinajstić information content (AvgIpc) is 2.78. The Morgan fingerprint density at radius 2 is 2.12 bits per heavy atom. The molecule has 0 amide bonds. The van der Waals surface area contributed by atoms with Crippen LogP contribution in [0.1, 0.15) is 24.1 Å². The summed E-state index contributed by atoms with van der Waals surface area (Å²) < 4.78 is 24.6. The molecule has 4 nitrogen and oxygen atoms in total. The highest BCUT2D eigenvalue weighted by Gasteiger charge is 2.15. The standard InChI is InChI=1S/C9H8F2N4S/c1-2-5-3-12-4-6(13-5)8-14-15-9(16-8)7(10)11/h3-4,7H,2H2,1H3. The van der Waals surface area contributed by atoms with Gasteiger partial charge in [0, 0.05) is 6.20 Å². The fraction of sp³-hybridized carbons (Fsp3) is 0.333. The molecule has 0 aliphatic heterocycles. The second kappa shape index (κ2) is 4.56. The first-order valence-electron chi connectivity index (χ1n) is 4.63. The van der Waals surface area contributed by atoms with Crippen molar-refractivity contribution in [1.82, 2.24) is 20.2 Å². The van der Waals surface area contributed by atoms with Gasteiger partial charge in [-0.05, 0) is 6.42 Å². The molecule has 0 atom stereocenters. The van der Waals surface area contributed by atoms with Crippen LogP contribution in [0.2, 0.25) is 0 Å². The zero-order valence-corrected chi connectivity index (χ0v) is 9.21. The van der Waals surface area contributed by atoms with E-state index in [-0.39, 0.29) is 5.01 Å². The quantitative estimate of drug-likeness (QED) is 0.829. The predicted octanol–water partition coefficient (Wildman–Crippen LogP) is 2.50. The summed E-state index contributed by atoms with van der Waals surface area (Å²) in [5, 5.41) is 7.15. The van der Waals surface area contributed by atoms with Crippen molar-refractivity contribution >= 4 is 11.3 Å². The summed E-state index contributed by atoms with van der Waals surface area (Å²) in [5.41, 5.74) is 1.29. The number of hydrogen-bond donors (Lipinski definition) is 0. The molecule has 0 bridgehead atoms. The van der Waals surface area contributed by atoms with Gasteiger partial charge in [-0.1, -0.05) is 18.3 Å². The number of hydrogen-bond acceptors (Lipinski definition) is 5. The molecule has 0 unspecified atom stereocenters. The highest BCUT2D eigenvalue weighted by Crippen LogP contribution is 2.27. The summed E-state index contributed by atoms with van der Waals surface area (Å²) in [7, 11) is 0. The van der Waals surface area contributed by atoms with Crippen molar-refractivity contribution in [2.45, 2.75) is 19.8 Å². The van der Waals surface area contributed by atoms with Crippen LogP contribution in [0.15, 0.2) is 12.4 Å². The molecule has 84 valence electrons. The van der Waals surface area contributed by atoms with Gasteiger partial charge < -0.3 is 0 Å². The monoisotopic (exact) mass is 242 g/mol. The van der Waals surface area contributed by atoms with Crippen molar-refractivity contribution in [1.29, 1.82) is 0 Å². The summed E-state index contributed by atoms with van der Waals surface area (Å²) in [6, 6.07) is 0. The van der Waals surface area contributed by atoms with E-state index in [1.807, 2.05) is 6.92 Å². The summed E-state index contributed by atoms with van der Waals surface area (Å²) >= 11 is 0.839. The maximum atomic E-state index is 12.3. The van der Waals surface area contributed by atoms with Crippen molar-refractivity contribution in [3.8, 4) is 10.7 Å². The van der Waals surface area contributed by atoms with E-state index in [4.69, 9.17) is 0 Å². The minimum atomic E-state index is -2.59. The second-order valence-corrected chi connectivity index (χ2v) is 4.00. The topological polar surface area (TPSA) is 51.6 Å². The van der Waals surface area contributed by atoms with E-state index in [0.29, 0.717) is 10.7 Å².